The highest BCUT2D eigenvalue weighted by Crippen LogP contribution is 2.24. The summed E-state index contributed by atoms with van der Waals surface area (Å²) in [5.41, 5.74) is 13.2. The highest BCUT2D eigenvalue weighted by molar-refractivity contribution is 6.34. The van der Waals surface area contributed by atoms with Gasteiger partial charge < -0.3 is 16.8 Å². The van der Waals surface area contributed by atoms with Crippen LogP contribution in [0.1, 0.15) is 26.3 Å². The van der Waals surface area contributed by atoms with Crippen molar-refractivity contribution in [3.05, 3.63) is 58.1 Å². The fourth-order valence-corrected chi connectivity index (χ4v) is 2.03. The highest BCUT2D eigenvalue weighted by Gasteiger charge is 2.13. The zero-order valence-corrected chi connectivity index (χ0v) is 12.1. The van der Waals surface area contributed by atoms with Crippen LogP contribution in [0.15, 0.2) is 36.4 Å². The Morgan fingerprint density at radius 1 is 1.19 bits per heavy atom. The molecule has 0 fully saturated rings. The van der Waals surface area contributed by atoms with Gasteiger partial charge in [-0.15, -0.1) is 0 Å². The highest BCUT2D eigenvalue weighted by atomic mass is 35.5. The van der Waals surface area contributed by atoms with Gasteiger partial charge in [0.25, 0.3) is 5.91 Å². The molecule has 5 N–H and O–H groups in total. The minimum Gasteiger partial charge on any atom is -0.398 e. The van der Waals surface area contributed by atoms with Crippen molar-refractivity contribution in [1.82, 2.24) is 0 Å². The normalized spacial score (nSPS) is 10.2. The van der Waals surface area contributed by atoms with E-state index in [1.807, 2.05) is 0 Å². The van der Waals surface area contributed by atoms with Crippen molar-refractivity contribution in [2.45, 2.75) is 6.92 Å². The molecule has 21 heavy (non-hydrogen) atoms. The van der Waals surface area contributed by atoms with Gasteiger partial charge in [-0.3, -0.25) is 9.59 Å². The number of primary amides is 1. The SMILES string of the molecule is Cc1c(N)cccc1C(=O)Nc1cc(C(N)=O)ccc1Cl. The first-order chi connectivity index (χ1) is 9.90. The number of anilines is 2. The third-order valence-electron chi connectivity index (χ3n) is 3.12. The van der Waals surface area contributed by atoms with Gasteiger partial charge in [0.15, 0.2) is 0 Å². The summed E-state index contributed by atoms with van der Waals surface area (Å²) in [7, 11) is 0. The lowest BCUT2D eigenvalue weighted by Gasteiger charge is -2.11. The third kappa shape index (κ3) is 3.14. The Hall–Kier alpha value is -2.53. The zero-order valence-electron chi connectivity index (χ0n) is 11.3. The van der Waals surface area contributed by atoms with E-state index in [1.54, 1.807) is 25.1 Å². The predicted molar refractivity (Wildman–Crippen MR) is 83.5 cm³/mol. The van der Waals surface area contributed by atoms with Gasteiger partial charge in [0.05, 0.1) is 10.7 Å². The molecule has 0 radical (unpaired) electrons. The number of benzene rings is 2. The van der Waals surface area contributed by atoms with Crippen LogP contribution in [-0.4, -0.2) is 11.8 Å². The van der Waals surface area contributed by atoms with Crippen LogP contribution in [-0.2, 0) is 0 Å². The molecule has 0 spiro atoms. The number of hydrogen-bond acceptors (Lipinski definition) is 3. The lowest BCUT2D eigenvalue weighted by molar-refractivity contribution is 0.0996. The summed E-state index contributed by atoms with van der Waals surface area (Å²) in [6.45, 7) is 1.76. The Morgan fingerprint density at radius 2 is 1.90 bits per heavy atom. The van der Waals surface area contributed by atoms with Gasteiger partial charge in [0.1, 0.15) is 0 Å². The molecule has 0 bridgehead atoms. The lowest BCUT2D eigenvalue weighted by Crippen LogP contribution is -2.16. The van der Waals surface area contributed by atoms with Gasteiger partial charge in [0.2, 0.25) is 5.91 Å². The molecule has 2 rings (SSSR count). The van der Waals surface area contributed by atoms with Crippen molar-refractivity contribution in [3.8, 4) is 0 Å². The average molecular weight is 304 g/mol. The minimum atomic E-state index is -0.595. The van der Waals surface area contributed by atoms with Crippen LogP contribution in [0.5, 0.6) is 0 Å². The van der Waals surface area contributed by atoms with Crippen molar-refractivity contribution < 1.29 is 9.59 Å². The van der Waals surface area contributed by atoms with Gasteiger partial charge in [-0.1, -0.05) is 17.7 Å². The van der Waals surface area contributed by atoms with Crippen molar-refractivity contribution in [2.24, 2.45) is 5.73 Å². The van der Waals surface area contributed by atoms with E-state index in [0.717, 1.165) is 0 Å². The number of halogens is 1. The van der Waals surface area contributed by atoms with Gasteiger partial charge in [-0.05, 0) is 42.8 Å². The third-order valence-corrected chi connectivity index (χ3v) is 3.45. The average Bonchev–Trinajstić information content (AvgIpc) is 2.43. The van der Waals surface area contributed by atoms with Gasteiger partial charge in [0, 0.05) is 16.8 Å². The number of nitrogens with one attached hydrogen (secondary N) is 1. The second-order valence-electron chi connectivity index (χ2n) is 4.53. The number of nitrogens with two attached hydrogens (primary N) is 2. The molecule has 0 aliphatic carbocycles. The summed E-state index contributed by atoms with van der Waals surface area (Å²) < 4.78 is 0. The first-order valence-electron chi connectivity index (χ1n) is 6.16. The van der Waals surface area contributed by atoms with Crippen molar-refractivity contribution in [3.63, 3.8) is 0 Å². The van der Waals surface area contributed by atoms with E-state index >= 15 is 0 Å². The number of carbonyl (C=O) groups excluding carboxylic acids is 2. The fourth-order valence-electron chi connectivity index (χ4n) is 1.86. The van der Waals surface area contributed by atoms with Gasteiger partial charge >= 0.3 is 0 Å². The topological polar surface area (TPSA) is 98.2 Å². The molecule has 0 aliphatic heterocycles. The molecule has 0 saturated carbocycles. The molecule has 2 aromatic carbocycles. The van der Waals surface area contributed by atoms with E-state index in [1.165, 1.54) is 18.2 Å². The molecule has 0 unspecified atom stereocenters. The molecule has 108 valence electrons. The molecule has 5 nitrogen and oxygen atoms in total. The van der Waals surface area contributed by atoms with Crippen LogP contribution in [0.4, 0.5) is 11.4 Å². The lowest BCUT2D eigenvalue weighted by atomic mass is 10.1. The second-order valence-corrected chi connectivity index (χ2v) is 4.94. The summed E-state index contributed by atoms with van der Waals surface area (Å²) in [6.07, 6.45) is 0. The maximum absolute atomic E-state index is 12.3. The molecule has 0 saturated heterocycles. The van der Waals surface area contributed by atoms with Gasteiger partial charge in [-0.2, -0.15) is 0 Å². The first kappa shape index (κ1) is 14.9. The van der Waals surface area contributed by atoms with Crippen molar-refractivity contribution >= 4 is 34.8 Å². The summed E-state index contributed by atoms with van der Waals surface area (Å²) >= 11 is 6.01. The van der Waals surface area contributed by atoms with Crippen LogP contribution < -0.4 is 16.8 Å². The Morgan fingerprint density at radius 3 is 2.57 bits per heavy atom. The number of rotatable bonds is 3. The Kier molecular flexibility index (Phi) is 4.14. The number of amides is 2. The molecule has 0 atom stereocenters. The minimum absolute atomic E-state index is 0.263. The number of nitrogen functional groups attached to an aromatic ring is 1. The monoisotopic (exact) mass is 303 g/mol. The second kappa shape index (κ2) is 5.85. The molecular formula is C15H14ClN3O2. The smallest absolute Gasteiger partial charge is 0.256 e. The van der Waals surface area contributed by atoms with Crippen molar-refractivity contribution in [1.29, 1.82) is 0 Å². The van der Waals surface area contributed by atoms with Crippen LogP contribution >= 0.6 is 11.6 Å². The van der Waals surface area contributed by atoms with E-state index < -0.39 is 5.91 Å². The summed E-state index contributed by atoms with van der Waals surface area (Å²) in [4.78, 5) is 23.4. The maximum Gasteiger partial charge on any atom is 0.256 e. The van der Waals surface area contributed by atoms with E-state index in [-0.39, 0.29) is 11.5 Å². The van der Waals surface area contributed by atoms with Crippen molar-refractivity contribution in [2.75, 3.05) is 11.1 Å². The molecular weight excluding hydrogens is 290 g/mol. The Labute approximate surface area is 126 Å². The number of hydrogen-bond donors (Lipinski definition) is 3. The standard InChI is InChI=1S/C15H14ClN3O2/c1-8-10(3-2-4-12(8)17)15(21)19-13-7-9(14(18)20)5-6-11(13)16/h2-7H,17H2,1H3,(H2,18,20)(H,19,21). The van der Waals surface area contributed by atoms with E-state index in [2.05, 4.69) is 5.32 Å². The van der Waals surface area contributed by atoms with Crippen LogP contribution in [0.2, 0.25) is 5.02 Å². The van der Waals surface area contributed by atoms with Crippen LogP contribution in [0.25, 0.3) is 0 Å². The summed E-state index contributed by atoms with van der Waals surface area (Å²) in [5, 5.41) is 2.97. The van der Waals surface area contributed by atoms with E-state index in [0.29, 0.717) is 27.5 Å². The molecule has 6 heteroatoms. The Balaban J connectivity index is 2.33. The van der Waals surface area contributed by atoms with Crippen LogP contribution in [0, 0.1) is 6.92 Å². The predicted octanol–water partition coefficient (Wildman–Crippen LogP) is 2.58. The van der Waals surface area contributed by atoms with Crippen LogP contribution in [0.3, 0.4) is 0 Å². The maximum atomic E-state index is 12.3. The van der Waals surface area contributed by atoms with E-state index in [4.69, 9.17) is 23.1 Å². The quantitative estimate of drug-likeness (QED) is 0.760. The molecule has 2 aromatic rings. The molecule has 2 amide bonds. The van der Waals surface area contributed by atoms with E-state index in [9.17, 15) is 9.59 Å². The summed E-state index contributed by atoms with van der Waals surface area (Å²) in [6, 6.07) is 9.50. The summed E-state index contributed by atoms with van der Waals surface area (Å²) in [5.74, 6) is -0.953. The Bertz CT molecular complexity index is 729. The molecule has 0 heterocycles. The van der Waals surface area contributed by atoms with Gasteiger partial charge in [-0.25, -0.2) is 0 Å². The fraction of sp³-hybridized carbons (Fsp3) is 0.0667. The number of carbonyl (C=O) groups is 2. The molecule has 0 aliphatic rings. The first-order valence-corrected chi connectivity index (χ1v) is 6.53. The molecule has 0 aromatic heterocycles. The zero-order chi connectivity index (χ0) is 15.6. The largest absolute Gasteiger partial charge is 0.398 e.